The lowest BCUT2D eigenvalue weighted by Crippen LogP contribution is -2.40. The molecule has 2 saturated carbocycles. The Hall–Kier alpha value is -3.21. The van der Waals surface area contributed by atoms with Crippen LogP contribution in [0.2, 0.25) is 0 Å². The SMILES string of the molecule is Cc1ccccc1NC(=O)c1cccc(N2C(=O)[C@@H]3[C@H]4C=C[C@@H]([C@@H]5C[C@@H]45)[C@@H]3C2=O)c1. The molecule has 4 aliphatic carbocycles. The third kappa shape index (κ3) is 2.38. The molecular weight excluding hydrogens is 376 g/mol. The van der Waals surface area contributed by atoms with Crippen LogP contribution in [0.4, 0.5) is 11.4 Å². The van der Waals surface area contributed by atoms with Gasteiger partial charge in [-0.05, 0) is 66.8 Å². The molecule has 2 bridgehead atoms. The number of benzene rings is 2. The van der Waals surface area contributed by atoms with E-state index >= 15 is 0 Å². The highest BCUT2D eigenvalue weighted by Crippen LogP contribution is 2.65. The first-order valence-electron chi connectivity index (χ1n) is 10.6. The lowest BCUT2D eigenvalue weighted by atomic mass is 9.63. The van der Waals surface area contributed by atoms with Crippen LogP contribution in [0.3, 0.4) is 0 Å². The summed E-state index contributed by atoms with van der Waals surface area (Å²) in [5, 5.41) is 2.92. The molecule has 5 heteroatoms. The minimum Gasteiger partial charge on any atom is -0.322 e. The molecule has 1 aliphatic heterocycles. The van der Waals surface area contributed by atoms with E-state index in [0.29, 0.717) is 23.1 Å². The molecule has 1 N–H and O–H groups in total. The summed E-state index contributed by atoms with van der Waals surface area (Å²) in [5.41, 5.74) is 2.63. The number of hydrogen-bond acceptors (Lipinski definition) is 3. The Bertz CT molecular complexity index is 1100. The summed E-state index contributed by atoms with van der Waals surface area (Å²) >= 11 is 0. The Kier molecular flexibility index (Phi) is 3.61. The number of rotatable bonds is 3. The highest BCUT2D eigenvalue weighted by atomic mass is 16.2. The summed E-state index contributed by atoms with van der Waals surface area (Å²) in [7, 11) is 0. The molecule has 7 rings (SSSR count). The van der Waals surface area contributed by atoms with E-state index in [2.05, 4.69) is 17.5 Å². The second kappa shape index (κ2) is 6.14. The van der Waals surface area contributed by atoms with Gasteiger partial charge in [-0.2, -0.15) is 0 Å². The quantitative estimate of drug-likeness (QED) is 0.632. The Morgan fingerprint density at radius 3 is 2.27 bits per heavy atom. The number of imide groups is 1. The van der Waals surface area contributed by atoms with Crippen LogP contribution in [0, 0.1) is 42.4 Å². The van der Waals surface area contributed by atoms with E-state index in [1.54, 1.807) is 24.3 Å². The first kappa shape index (κ1) is 17.6. The predicted octanol–water partition coefficient (Wildman–Crippen LogP) is 3.80. The molecule has 3 fully saturated rings. The Labute approximate surface area is 174 Å². The first-order valence-corrected chi connectivity index (χ1v) is 10.6. The van der Waals surface area contributed by atoms with Crippen LogP contribution in [0.15, 0.2) is 60.7 Å². The maximum absolute atomic E-state index is 13.3. The van der Waals surface area contributed by atoms with Crippen molar-refractivity contribution in [2.75, 3.05) is 10.2 Å². The largest absolute Gasteiger partial charge is 0.322 e. The molecule has 0 spiro atoms. The van der Waals surface area contributed by atoms with E-state index in [9.17, 15) is 14.4 Å². The van der Waals surface area contributed by atoms with Gasteiger partial charge in [0.1, 0.15) is 0 Å². The van der Waals surface area contributed by atoms with Crippen LogP contribution in [-0.2, 0) is 9.59 Å². The summed E-state index contributed by atoms with van der Waals surface area (Å²) in [4.78, 5) is 40.7. The van der Waals surface area contributed by atoms with Crippen molar-refractivity contribution in [2.45, 2.75) is 13.3 Å². The van der Waals surface area contributed by atoms with Crippen LogP contribution in [0.5, 0.6) is 0 Å². The molecule has 5 nitrogen and oxygen atoms in total. The first-order chi connectivity index (χ1) is 14.5. The van der Waals surface area contributed by atoms with Crippen molar-refractivity contribution in [3.63, 3.8) is 0 Å². The van der Waals surface area contributed by atoms with Crippen molar-refractivity contribution >= 4 is 29.1 Å². The van der Waals surface area contributed by atoms with Gasteiger partial charge in [-0.25, -0.2) is 4.90 Å². The average molecular weight is 398 g/mol. The molecule has 2 aromatic rings. The van der Waals surface area contributed by atoms with Crippen LogP contribution in [0.1, 0.15) is 22.3 Å². The van der Waals surface area contributed by atoms with Crippen molar-refractivity contribution in [3.05, 3.63) is 71.8 Å². The molecule has 1 saturated heterocycles. The Morgan fingerprint density at radius 1 is 0.933 bits per heavy atom. The molecule has 3 amide bonds. The summed E-state index contributed by atoms with van der Waals surface area (Å²) in [6.45, 7) is 1.93. The third-order valence-electron chi connectivity index (χ3n) is 7.42. The minimum atomic E-state index is -0.259. The van der Waals surface area contributed by atoms with Gasteiger partial charge in [-0.15, -0.1) is 0 Å². The summed E-state index contributed by atoms with van der Waals surface area (Å²) < 4.78 is 0. The van der Waals surface area contributed by atoms with Gasteiger partial charge < -0.3 is 5.32 Å². The zero-order chi connectivity index (χ0) is 20.6. The van der Waals surface area contributed by atoms with Crippen molar-refractivity contribution in [1.82, 2.24) is 0 Å². The smallest absolute Gasteiger partial charge is 0.255 e. The van der Waals surface area contributed by atoms with E-state index in [1.807, 2.05) is 31.2 Å². The van der Waals surface area contributed by atoms with Gasteiger partial charge in [-0.3, -0.25) is 14.4 Å². The van der Waals surface area contributed by atoms with Crippen molar-refractivity contribution in [2.24, 2.45) is 35.5 Å². The number of anilines is 2. The summed E-state index contributed by atoms with van der Waals surface area (Å²) in [5.74, 6) is 0.593. The van der Waals surface area contributed by atoms with Gasteiger partial charge in [-0.1, -0.05) is 36.4 Å². The van der Waals surface area contributed by atoms with Crippen LogP contribution in [0.25, 0.3) is 0 Å². The fraction of sp³-hybridized carbons (Fsp3) is 0.320. The Morgan fingerprint density at radius 2 is 1.60 bits per heavy atom. The van der Waals surface area contributed by atoms with Gasteiger partial charge in [0.05, 0.1) is 17.5 Å². The van der Waals surface area contributed by atoms with Gasteiger partial charge in [0.15, 0.2) is 0 Å². The fourth-order valence-corrected chi connectivity index (χ4v) is 5.91. The minimum absolute atomic E-state index is 0.105. The summed E-state index contributed by atoms with van der Waals surface area (Å²) in [6, 6.07) is 14.4. The van der Waals surface area contributed by atoms with E-state index in [4.69, 9.17) is 0 Å². The van der Waals surface area contributed by atoms with E-state index in [1.165, 1.54) is 4.90 Å². The highest BCUT2D eigenvalue weighted by Gasteiger charge is 2.67. The molecule has 2 aromatic carbocycles. The normalized spacial score (nSPS) is 32.8. The molecule has 0 unspecified atom stereocenters. The number of hydrogen-bond donors (Lipinski definition) is 1. The second-order valence-electron chi connectivity index (χ2n) is 8.99. The number of carbonyl (C=O) groups is 3. The maximum Gasteiger partial charge on any atom is 0.255 e. The van der Waals surface area contributed by atoms with Crippen molar-refractivity contribution in [3.8, 4) is 0 Å². The molecule has 1 heterocycles. The lowest BCUT2D eigenvalue weighted by molar-refractivity contribution is -0.124. The third-order valence-corrected chi connectivity index (χ3v) is 7.42. The van der Waals surface area contributed by atoms with E-state index in [-0.39, 0.29) is 41.4 Å². The number of carbonyl (C=O) groups excluding carboxylic acids is 3. The van der Waals surface area contributed by atoms with Gasteiger partial charge in [0.2, 0.25) is 11.8 Å². The number of nitrogens with one attached hydrogen (secondary N) is 1. The molecule has 150 valence electrons. The van der Waals surface area contributed by atoms with Gasteiger partial charge >= 0.3 is 0 Å². The maximum atomic E-state index is 13.3. The van der Waals surface area contributed by atoms with Crippen LogP contribution in [-0.4, -0.2) is 17.7 Å². The number of amides is 3. The van der Waals surface area contributed by atoms with Gasteiger partial charge in [0, 0.05) is 11.3 Å². The fourth-order valence-electron chi connectivity index (χ4n) is 5.91. The molecule has 6 atom stereocenters. The van der Waals surface area contributed by atoms with Crippen LogP contribution >= 0.6 is 0 Å². The second-order valence-corrected chi connectivity index (χ2v) is 8.99. The Balaban J connectivity index is 1.30. The topological polar surface area (TPSA) is 66.5 Å². The number of nitrogens with zero attached hydrogens (tertiary/aromatic N) is 1. The van der Waals surface area contributed by atoms with E-state index in [0.717, 1.165) is 17.7 Å². The zero-order valence-corrected chi connectivity index (χ0v) is 16.6. The predicted molar refractivity (Wildman–Crippen MR) is 113 cm³/mol. The average Bonchev–Trinajstić information content (AvgIpc) is 3.53. The monoisotopic (exact) mass is 398 g/mol. The van der Waals surface area contributed by atoms with Gasteiger partial charge in [0.25, 0.3) is 5.91 Å². The molecular formula is C25H22N2O3. The number of allylic oxidation sites excluding steroid dienone is 2. The van der Waals surface area contributed by atoms with Crippen LogP contribution < -0.4 is 10.2 Å². The number of para-hydroxylation sites is 1. The molecule has 0 aromatic heterocycles. The standard InChI is InChI=1S/C25H22N2O3/c1-13-5-2-3-8-20(13)26-23(28)14-6-4-7-15(11-14)27-24(29)21-16-9-10-17(19-12-18(16)19)22(21)25(27)30/h2-11,16-19,21-22H,12H2,1H3,(H,26,28)/t16-,17-,18-,19-,21-,22+/m0/s1. The molecule has 0 radical (unpaired) electrons. The lowest BCUT2D eigenvalue weighted by Gasteiger charge is -2.37. The summed E-state index contributed by atoms with van der Waals surface area (Å²) in [6.07, 6.45) is 5.48. The molecule has 30 heavy (non-hydrogen) atoms. The van der Waals surface area contributed by atoms with Crippen molar-refractivity contribution < 1.29 is 14.4 Å². The van der Waals surface area contributed by atoms with E-state index < -0.39 is 0 Å². The van der Waals surface area contributed by atoms with Crippen molar-refractivity contribution in [1.29, 1.82) is 0 Å². The highest BCUT2D eigenvalue weighted by molar-refractivity contribution is 6.23. The molecule has 5 aliphatic rings. The number of aryl methyl sites for hydroxylation is 1. The zero-order valence-electron chi connectivity index (χ0n) is 16.6.